The van der Waals surface area contributed by atoms with Crippen molar-refractivity contribution in [1.29, 1.82) is 0 Å². The quantitative estimate of drug-likeness (QED) is 0.809. The summed E-state index contributed by atoms with van der Waals surface area (Å²) in [6, 6.07) is 9.42. The van der Waals surface area contributed by atoms with E-state index in [0.717, 1.165) is 18.6 Å². The smallest absolute Gasteiger partial charge is 0.269 e. The highest BCUT2D eigenvalue weighted by molar-refractivity contribution is 6.34. The number of carbonyl (C=O) groups excluding carboxylic acids is 3. The molecule has 0 unspecified atom stereocenters. The SMILES string of the molecule is O=C(NNC(=O)c1ccc(Cl)c(N2CCCC2=O)c1)c1ccc(F)cc1. The van der Waals surface area contributed by atoms with E-state index >= 15 is 0 Å². The minimum absolute atomic E-state index is 0.0472. The number of amides is 3. The van der Waals surface area contributed by atoms with Crippen LogP contribution >= 0.6 is 11.6 Å². The molecule has 0 aliphatic carbocycles. The molecule has 0 atom stereocenters. The molecule has 0 radical (unpaired) electrons. The van der Waals surface area contributed by atoms with Crippen LogP contribution in [0, 0.1) is 5.82 Å². The van der Waals surface area contributed by atoms with Crippen LogP contribution in [-0.4, -0.2) is 24.3 Å². The summed E-state index contributed by atoms with van der Waals surface area (Å²) in [6.07, 6.45) is 1.18. The topological polar surface area (TPSA) is 78.5 Å². The van der Waals surface area contributed by atoms with Gasteiger partial charge < -0.3 is 4.90 Å². The van der Waals surface area contributed by atoms with Gasteiger partial charge in [-0.15, -0.1) is 0 Å². The Morgan fingerprint density at radius 3 is 2.23 bits per heavy atom. The summed E-state index contributed by atoms with van der Waals surface area (Å²) in [5.41, 5.74) is 5.44. The second-order valence-electron chi connectivity index (χ2n) is 5.73. The van der Waals surface area contributed by atoms with Crippen molar-refractivity contribution in [3.63, 3.8) is 0 Å². The van der Waals surface area contributed by atoms with Crippen molar-refractivity contribution < 1.29 is 18.8 Å². The largest absolute Gasteiger partial charge is 0.311 e. The molecule has 3 rings (SSSR count). The van der Waals surface area contributed by atoms with E-state index in [0.29, 0.717) is 23.7 Å². The molecule has 0 spiro atoms. The molecule has 8 heteroatoms. The third-order valence-electron chi connectivity index (χ3n) is 3.97. The molecule has 1 heterocycles. The van der Waals surface area contributed by atoms with Gasteiger partial charge in [-0.25, -0.2) is 4.39 Å². The van der Waals surface area contributed by atoms with Crippen LogP contribution in [0.25, 0.3) is 0 Å². The summed E-state index contributed by atoms with van der Waals surface area (Å²) < 4.78 is 12.9. The second kappa shape index (κ2) is 7.53. The van der Waals surface area contributed by atoms with Crippen LogP contribution in [0.15, 0.2) is 42.5 Å². The van der Waals surface area contributed by atoms with Crippen LogP contribution in [-0.2, 0) is 4.79 Å². The molecular formula is C18H15ClFN3O3. The third-order valence-corrected chi connectivity index (χ3v) is 4.29. The van der Waals surface area contributed by atoms with Crippen LogP contribution in [0.3, 0.4) is 0 Å². The first kappa shape index (κ1) is 17.9. The van der Waals surface area contributed by atoms with Crippen LogP contribution < -0.4 is 15.8 Å². The first-order valence-corrected chi connectivity index (χ1v) is 8.29. The molecule has 6 nitrogen and oxygen atoms in total. The standard InChI is InChI=1S/C18H15ClFN3O3/c19-14-8-5-12(10-15(14)23-9-1-2-16(23)24)18(26)22-21-17(25)11-3-6-13(20)7-4-11/h3-8,10H,1-2,9H2,(H,21,25)(H,22,26). The van der Waals surface area contributed by atoms with Crippen molar-refractivity contribution in [2.45, 2.75) is 12.8 Å². The van der Waals surface area contributed by atoms with Gasteiger partial charge >= 0.3 is 0 Å². The molecule has 3 amide bonds. The van der Waals surface area contributed by atoms with Crippen molar-refractivity contribution in [2.75, 3.05) is 11.4 Å². The van der Waals surface area contributed by atoms with Crippen molar-refractivity contribution in [2.24, 2.45) is 0 Å². The number of anilines is 1. The van der Waals surface area contributed by atoms with Gasteiger partial charge in [0, 0.05) is 24.1 Å². The molecule has 1 aliphatic heterocycles. The predicted octanol–water partition coefficient (Wildman–Crippen LogP) is 2.68. The molecule has 0 aromatic heterocycles. The Morgan fingerprint density at radius 1 is 1.00 bits per heavy atom. The number of nitrogens with one attached hydrogen (secondary N) is 2. The molecule has 2 N–H and O–H groups in total. The van der Waals surface area contributed by atoms with Crippen LogP contribution in [0.4, 0.5) is 10.1 Å². The van der Waals surface area contributed by atoms with E-state index in [1.165, 1.54) is 35.2 Å². The van der Waals surface area contributed by atoms with E-state index in [1.54, 1.807) is 0 Å². The van der Waals surface area contributed by atoms with Gasteiger partial charge in [-0.3, -0.25) is 25.2 Å². The summed E-state index contributed by atoms with van der Waals surface area (Å²) in [7, 11) is 0. The summed E-state index contributed by atoms with van der Waals surface area (Å²) in [4.78, 5) is 37.6. The molecular weight excluding hydrogens is 361 g/mol. The fourth-order valence-electron chi connectivity index (χ4n) is 2.62. The maximum Gasteiger partial charge on any atom is 0.269 e. The average molecular weight is 376 g/mol. The fourth-order valence-corrected chi connectivity index (χ4v) is 2.84. The van der Waals surface area contributed by atoms with Gasteiger partial charge in [0.2, 0.25) is 5.91 Å². The molecule has 1 fully saturated rings. The lowest BCUT2D eigenvalue weighted by Crippen LogP contribution is -2.41. The van der Waals surface area contributed by atoms with Crippen molar-refractivity contribution in [1.82, 2.24) is 10.9 Å². The first-order valence-electron chi connectivity index (χ1n) is 7.92. The maximum atomic E-state index is 12.9. The molecule has 2 aromatic carbocycles. The summed E-state index contributed by atoms with van der Waals surface area (Å²) >= 11 is 6.14. The van der Waals surface area contributed by atoms with Crippen LogP contribution in [0.2, 0.25) is 5.02 Å². The van der Waals surface area contributed by atoms with E-state index in [-0.39, 0.29) is 17.0 Å². The highest BCUT2D eigenvalue weighted by atomic mass is 35.5. The summed E-state index contributed by atoms with van der Waals surface area (Å²) in [5.74, 6) is -1.66. The number of hydrazine groups is 1. The number of nitrogens with zero attached hydrogens (tertiary/aromatic N) is 1. The minimum atomic E-state index is -0.581. The first-order chi connectivity index (χ1) is 12.5. The van der Waals surface area contributed by atoms with Crippen molar-refractivity contribution in [3.05, 3.63) is 64.4 Å². The Hall–Kier alpha value is -2.93. The Labute approximate surface area is 153 Å². The highest BCUT2D eigenvalue weighted by Crippen LogP contribution is 2.30. The lowest BCUT2D eigenvalue weighted by Gasteiger charge is -2.18. The zero-order chi connectivity index (χ0) is 18.7. The van der Waals surface area contributed by atoms with Crippen molar-refractivity contribution in [3.8, 4) is 0 Å². The van der Waals surface area contributed by atoms with Gasteiger partial charge in [0.05, 0.1) is 10.7 Å². The van der Waals surface area contributed by atoms with Gasteiger partial charge in [-0.1, -0.05) is 11.6 Å². The molecule has 1 saturated heterocycles. The van der Waals surface area contributed by atoms with Crippen LogP contribution in [0.1, 0.15) is 33.6 Å². The fraction of sp³-hybridized carbons (Fsp3) is 0.167. The van der Waals surface area contributed by atoms with E-state index in [1.807, 2.05) is 0 Å². The van der Waals surface area contributed by atoms with Gasteiger partial charge in [0.15, 0.2) is 0 Å². The van der Waals surface area contributed by atoms with E-state index in [9.17, 15) is 18.8 Å². The van der Waals surface area contributed by atoms with Gasteiger partial charge in [-0.2, -0.15) is 0 Å². The number of carbonyl (C=O) groups is 3. The number of halogens is 2. The van der Waals surface area contributed by atoms with Gasteiger partial charge in [0.1, 0.15) is 5.82 Å². The normalized spacial score (nSPS) is 13.6. The van der Waals surface area contributed by atoms with Gasteiger partial charge in [0.25, 0.3) is 11.8 Å². The molecule has 0 bridgehead atoms. The number of hydrogen-bond acceptors (Lipinski definition) is 3. The minimum Gasteiger partial charge on any atom is -0.311 e. The summed E-state index contributed by atoms with van der Waals surface area (Å²) in [6.45, 7) is 0.547. The monoisotopic (exact) mass is 375 g/mol. The van der Waals surface area contributed by atoms with Crippen LogP contribution in [0.5, 0.6) is 0 Å². The number of rotatable bonds is 3. The number of benzene rings is 2. The molecule has 26 heavy (non-hydrogen) atoms. The van der Waals surface area contributed by atoms with E-state index in [4.69, 9.17) is 11.6 Å². The Bertz CT molecular complexity index is 870. The molecule has 134 valence electrons. The third kappa shape index (κ3) is 3.83. The zero-order valence-electron chi connectivity index (χ0n) is 13.6. The van der Waals surface area contributed by atoms with E-state index < -0.39 is 17.6 Å². The average Bonchev–Trinajstić information content (AvgIpc) is 3.06. The predicted molar refractivity (Wildman–Crippen MR) is 94.4 cm³/mol. The molecule has 1 aliphatic rings. The lowest BCUT2D eigenvalue weighted by atomic mass is 10.1. The molecule has 0 saturated carbocycles. The van der Waals surface area contributed by atoms with E-state index in [2.05, 4.69) is 10.9 Å². The second-order valence-corrected chi connectivity index (χ2v) is 6.14. The Kier molecular flexibility index (Phi) is 5.18. The number of hydrogen-bond donors (Lipinski definition) is 2. The van der Waals surface area contributed by atoms with Crippen molar-refractivity contribution >= 4 is 35.0 Å². The maximum absolute atomic E-state index is 12.9. The zero-order valence-corrected chi connectivity index (χ0v) is 14.3. The Morgan fingerprint density at radius 2 is 1.62 bits per heavy atom. The Balaban J connectivity index is 1.69. The van der Waals surface area contributed by atoms with Gasteiger partial charge in [-0.05, 0) is 48.9 Å². The lowest BCUT2D eigenvalue weighted by molar-refractivity contribution is -0.117. The highest BCUT2D eigenvalue weighted by Gasteiger charge is 2.24. The summed E-state index contributed by atoms with van der Waals surface area (Å²) in [5, 5.41) is 0.368. The molecule has 2 aromatic rings.